The summed E-state index contributed by atoms with van der Waals surface area (Å²) in [6.45, 7) is 3.99. The van der Waals surface area contributed by atoms with Crippen molar-refractivity contribution in [2.75, 3.05) is 13.1 Å². The number of carbonyl (C=O) groups is 3. The predicted molar refractivity (Wildman–Crippen MR) is 144 cm³/mol. The maximum atomic E-state index is 13.6. The van der Waals surface area contributed by atoms with E-state index >= 15 is 0 Å². The second-order valence-electron chi connectivity index (χ2n) is 9.24. The summed E-state index contributed by atoms with van der Waals surface area (Å²) in [6.07, 6.45) is 6.00. The monoisotopic (exact) mass is 518 g/mol. The Labute approximate surface area is 227 Å². The van der Waals surface area contributed by atoms with E-state index in [9.17, 15) is 14.4 Å². The van der Waals surface area contributed by atoms with Gasteiger partial charge in [-0.15, -0.1) is 5.92 Å². The maximum absolute atomic E-state index is 13.6. The van der Waals surface area contributed by atoms with Gasteiger partial charge in [-0.2, -0.15) is 0 Å². The topological polar surface area (TPSA) is 91.8 Å². The van der Waals surface area contributed by atoms with Gasteiger partial charge in [0.05, 0.1) is 13.1 Å². The number of aromatic nitrogens is 1. The number of imide groups is 1. The Morgan fingerprint density at radius 3 is 2.44 bits per heavy atom. The summed E-state index contributed by atoms with van der Waals surface area (Å²) in [5.41, 5.74) is 3.34. The van der Waals surface area contributed by atoms with E-state index in [2.05, 4.69) is 34.2 Å². The van der Waals surface area contributed by atoms with Gasteiger partial charge in [0.25, 0.3) is 11.8 Å². The van der Waals surface area contributed by atoms with E-state index in [1.54, 1.807) is 37.2 Å². The number of hydrogen-bond donors (Lipinski definition) is 1. The summed E-state index contributed by atoms with van der Waals surface area (Å²) in [5, 5.41) is 2.46. The van der Waals surface area contributed by atoms with Crippen LogP contribution in [0.25, 0.3) is 11.1 Å². The minimum absolute atomic E-state index is 0.0226. The lowest BCUT2D eigenvalue weighted by atomic mass is 9.86. The third-order valence-corrected chi connectivity index (χ3v) is 6.97. The van der Waals surface area contributed by atoms with E-state index in [4.69, 9.17) is 4.74 Å². The van der Waals surface area contributed by atoms with Gasteiger partial charge in [0, 0.05) is 31.4 Å². The lowest BCUT2D eigenvalue weighted by Gasteiger charge is -2.37. The molecule has 4 amide bonds. The molecular formula is C31H26N4O4. The standard InChI is InChI=1S/C31H26N4O4/c1-3-5-16-35-30(38)33-29(37)31(35,26-9-7-23(8-10-26)24-12-14-32-15-13-24)21-34-19-25-18-22(20-39-17-4-2)6-11-27(25)28(34)36/h6-15,18H,16,19-21H2,1-2H3,(H,33,37,38)/t31-/m0/s1. The zero-order chi connectivity index (χ0) is 27.4. The van der Waals surface area contributed by atoms with Gasteiger partial charge in [0.15, 0.2) is 5.54 Å². The third kappa shape index (κ3) is 4.69. The number of nitrogens with zero attached hydrogens (tertiary/aromatic N) is 3. The third-order valence-electron chi connectivity index (χ3n) is 6.97. The van der Waals surface area contributed by atoms with Crippen LogP contribution in [0, 0.1) is 23.9 Å². The molecule has 3 aromatic rings. The summed E-state index contributed by atoms with van der Waals surface area (Å²) in [5.74, 6) is 7.72. The lowest BCUT2D eigenvalue weighted by molar-refractivity contribution is -0.127. The average Bonchev–Trinajstić information content (AvgIpc) is 3.39. The number of hydrogen-bond acceptors (Lipinski definition) is 5. The number of amides is 4. The van der Waals surface area contributed by atoms with Crippen molar-refractivity contribution in [2.45, 2.75) is 32.5 Å². The molecule has 3 heterocycles. The molecule has 2 aliphatic heterocycles. The fourth-order valence-electron chi connectivity index (χ4n) is 5.07. The van der Waals surface area contributed by atoms with Gasteiger partial charge in [-0.3, -0.25) is 24.8 Å². The number of benzene rings is 2. The van der Waals surface area contributed by atoms with Crippen molar-refractivity contribution in [1.29, 1.82) is 0 Å². The Morgan fingerprint density at radius 1 is 0.974 bits per heavy atom. The van der Waals surface area contributed by atoms with Gasteiger partial charge in [-0.05, 0) is 59.0 Å². The molecule has 8 nitrogen and oxygen atoms in total. The van der Waals surface area contributed by atoms with E-state index in [1.807, 2.05) is 48.5 Å². The quantitative estimate of drug-likeness (QED) is 0.381. The predicted octanol–water partition coefficient (Wildman–Crippen LogP) is 3.67. The molecule has 0 spiro atoms. The summed E-state index contributed by atoms with van der Waals surface area (Å²) >= 11 is 0. The molecule has 0 saturated carbocycles. The van der Waals surface area contributed by atoms with Crippen LogP contribution in [-0.2, 0) is 28.2 Å². The highest BCUT2D eigenvalue weighted by molar-refractivity contribution is 6.08. The number of nitrogens with one attached hydrogen (secondary N) is 1. The van der Waals surface area contributed by atoms with Crippen LogP contribution >= 0.6 is 0 Å². The van der Waals surface area contributed by atoms with E-state index in [0.717, 1.165) is 22.3 Å². The molecule has 2 aliphatic rings. The molecule has 1 aromatic heterocycles. The number of pyridine rings is 1. The Morgan fingerprint density at radius 2 is 1.72 bits per heavy atom. The Bertz CT molecular complexity index is 1560. The Kier molecular flexibility index (Phi) is 7.03. The SMILES string of the molecule is CC#CCN1C(=O)NC(=O)[C@]1(CN1Cc2cc(COC#CC)ccc2C1=O)c1ccc(-c2ccncc2)cc1. The number of fused-ring (bicyclic) bond motifs is 1. The summed E-state index contributed by atoms with van der Waals surface area (Å²) in [4.78, 5) is 47.2. The second kappa shape index (κ2) is 10.7. The van der Waals surface area contributed by atoms with Crippen LogP contribution in [0.5, 0.6) is 0 Å². The molecule has 0 aliphatic carbocycles. The first-order valence-corrected chi connectivity index (χ1v) is 12.5. The molecular weight excluding hydrogens is 492 g/mol. The summed E-state index contributed by atoms with van der Waals surface area (Å²) < 4.78 is 5.31. The molecule has 39 heavy (non-hydrogen) atoms. The normalized spacial score (nSPS) is 17.6. The van der Waals surface area contributed by atoms with Crippen LogP contribution in [0.4, 0.5) is 4.79 Å². The molecule has 1 fully saturated rings. The number of rotatable bonds is 7. The molecule has 8 heteroatoms. The van der Waals surface area contributed by atoms with Crippen molar-refractivity contribution >= 4 is 17.8 Å². The highest BCUT2D eigenvalue weighted by Gasteiger charge is 2.56. The van der Waals surface area contributed by atoms with Crippen LogP contribution < -0.4 is 5.32 Å². The van der Waals surface area contributed by atoms with Gasteiger partial charge in [0.2, 0.25) is 0 Å². The molecule has 0 unspecified atom stereocenters. The van der Waals surface area contributed by atoms with Gasteiger partial charge in [0.1, 0.15) is 12.7 Å². The molecule has 1 saturated heterocycles. The summed E-state index contributed by atoms with van der Waals surface area (Å²) in [6, 6.07) is 16.2. The van der Waals surface area contributed by atoms with E-state index < -0.39 is 17.5 Å². The van der Waals surface area contributed by atoms with E-state index in [-0.39, 0.29) is 19.0 Å². The van der Waals surface area contributed by atoms with Gasteiger partial charge in [-0.1, -0.05) is 42.2 Å². The maximum Gasteiger partial charge on any atom is 0.326 e. The first-order chi connectivity index (χ1) is 19.0. The molecule has 2 aromatic carbocycles. The molecule has 0 radical (unpaired) electrons. The van der Waals surface area contributed by atoms with Gasteiger partial charge < -0.3 is 9.64 Å². The van der Waals surface area contributed by atoms with Crippen molar-refractivity contribution < 1.29 is 19.1 Å². The van der Waals surface area contributed by atoms with E-state index in [1.165, 1.54) is 4.90 Å². The first-order valence-electron chi connectivity index (χ1n) is 12.5. The van der Waals surface area contributed by atoms with Crippen LogP contribution in [0.2, 0.25) is 0 Å². The van der Waals surface area contributed by atoms with Crippen LogP contribution in [0.3, 0.4) is 0 Å². The highest BCUT2D eigenvalue weighted by Crippen LogP contribution is 2.37. The van der Waals surface area contributed by atoms with Gasteiger partial charge >= 0.3 is 6.03 Å². The van der Waals surface area contributed by atoms with Crippen molar-refractivity contribution in [1.82, 2.24) is 20.1 Å². The van der Waals surface area contributed by atoms with Crippen LogP contribution in [0.15, 0.2) is 67.0 Å². The fraction of sp³-hybridized carbons (Fsp3) is 0.226. The van der Waals surface area contributed by atoms with Crippen LogP contribution in [0.1, 0.15) is 40.9 Å². The van der Waals surface area contributed by atoms with E-state index in [0.29, 0.717) is 24.3 Å². The Balaban J connectivity index is 1.51. The van der Waals surface area contributed by atoms with Crippen molar-refractivity contribution in [3.05, 3.63) is 89.2 Å². The smallest absolute Gasteiger partial charge is 0.326 e. The van der Waals surface area contributed by atoms with Crippen molar-refractivity contribution in [2.24, 2.45) is 0 Å². The number of carbonyl (C=O) groups excluding carboxylic acids is 3. The van der Waals surface area contributed by atoms with Crippen molar-refractivity contribution in [3.8, 4) is 35.0 Å². The lowest BCUT2D eigenvalue weighted by Crippen LogP contribution is -2.54. The molecule has 1 N–H and O–H groups in total. The second-order valence-corrected chi connectivity index (χ2v) is 9.24. The fourth-order valence-corrected chi connectivity index (χ4v) is 5.07. The van der Waals surface area contributed by atoms with Crippen LogP contribution in [-0.4, -0.2) is 45.7 Å². The molecule has 194 valence electrons. The van der Waals surface area contributed by atoms with Crippen molar-refractivity contribution in [3.63, 3.8) is 0 Å². The summed E-state index contributed by atoms with van der Waals surface area (Å²) in [7, 11) is 0. The Hall–Kier alpha value is -5.08. The zero-order valence-electron chi connectivity index (χ0n) is 21.7. The molecule has 1 atom stereocenters. The first kappa shape index (κ1) is 25.6. The minimum atomic E-state index is -1.45. The minimum Gasteiger partial charge on any atom is -0.442 e. The zero-order valence-corrected chi connectivity index (χ0v) is 21.7. The largest absolute Gasteiger partial charge is 0.442 e. The molecule has 5 rings (SSSR count). The number of urea groups is 1. The average molecular weight is 519 g/mol. The van der Waals surface area contributed by atoms with Gasteiger partial charge in [-0.25, -0.2) is 4.79 Å². The highest BCUT2D eigenvalue weighted by atomic mass is 16.5. The number of ether oxygens (including phenoxy) is 1. The molecule has 0 bridgehead atoms.